The number of hydrogen-bond donors (Lipinski definition) is 2. The molecule has 0 saturated carbocycles. The van der Waals surface area contributed by atoms with Gasteiger partial charge in [0.05, 0.1) is 12.1 Å². The lowest BCUT2D eigenvalue weighted by atomic mass is 10.1. The fraction of sp³-hybridized carbons (Fsp3) is 0.833. The highest BCUT2D eigenvalue weighted by atomic mass is 31.0. The van der Waals surface area contributed by atoms with Crippen molar-refractivity contribution in [2.24, 2.45) is 0 Å². The Morgan fingerprint density at radius 2 is 2.33 bits per heavy atom. The number of carbonyl (C=O) groups is 1. The molecule has 6 heteroatoms. The van der Waals surface area contributed by atoms with E-state index in [2.05, 4.69) is 29.3 Å². The van der Waals surface area contributed by atoms with Gasteiger partial charge in [0.1, 0.15) is 0 Å². The summed E-state index contributed by atoms with van der Waals surface area (Å²) in [6, 6.07) is -0.0971. The van der Waals surface area contributed by atoms with Crippen LogP contribution in [0.1, 0.15) is 12.8 Å². The van der Waals surface area contributed by atoms with Crippen LogP contribution >= 0.6 is 18.9 Å². The molecule has 0 radical (unpaired) electrons. The summed E-state index contributed by atoms with van der Waals surface area (Å²) in [5, 5.41) is 5.67. The number of rotatable bonds is 2. The van der Waals surface area contributed by atoms with Crippen LogP contribution in [0.5, 0.6) is 0 Å². The predicted molar refractivity (Wildman–Crippen MR) is 53.5 cm³/mol. The van der Waals surface area contributed by atoms with Crippen LogP contribution in [0.2, 0.25) is 0 Å². The van der Waals surface area contributed by atoms with Gasteiger partial charge in [-0.05, 0) is 12.8 Å². The van der Waals surface area contributed by atoms with Crippen molar-refractivity contribution in [2.75, 3.05) is 6.54 Å². The number of nitrogens with one attached hydrogen (secondary N) is 2. The van der Waals surface area contributed by atoms with Crippen LogP contribution in [-0.4, -0.2) is 24.6 Å². The lowest BCUT2D eigenvalue weighted by molar-refractivity contribution is -0.122. The molecular weight excluding hydrogens is 194 g/mol. The third-order valence-corrected chi connectivity index (χ3v) is 2.78. The second kappa shape index (κ2) is 5.08. The first-order chi connectivity index (χ1) is 5.77. The zero-order chi connectivity index (χ0) is 8.97. The maximum atomic E-state index is 11.3. The Bertz CT molecular complexity index is 168. The zero-order valence-corrected chi connectivity index (χ0v) is 9.06. The molecule has 0 aliphatic carbocycles. The van der Waals surface area contributed by atoms with Gasteiger partial charge in [-0.1, -0.05) is 9.39 Å². The van der Waals surface area contributed by atoms with E-state index < -0.39 is 0 Å². The number of hydrogen-bond acceptors (Lipinski definition) is 3. The Kier molecular flexibility index (Phi) is 4.38. The average Bonchev–Trinajstić information content (AvgIpc) is 2.27. The van der Waals surface area contributed by atoms with Gasteiger partial charge in [0.2, 0.25) is 5.91 Å². The highest BCUT2D eigenvalue weighted by Crippen LogP contribution is 2.12. The van der Waals surface area contributed by atoms with E-state index in [0.29, 0.717) is 6.54 Å². The summed E-state index contributed by atoms with van der Waals surface area (Å²) in [7, 11) is 4.59. The van der Waals surface area contributed by atoms with Crippen LogP contribution in [0.3, 0.4) is 0 Å². The van der Waals surface area contributed by atoms with Crippen molar-refractivity contribution < 1.29 is 9.32 Å². The largest absolute Gasteiger partial charge is 0.361 e. The summed E-state index contributed by atoms with van der Waals surface area (Å²) in [4.78, 5) is 11.3. The van der Waals surface area contributed by atoms with E-state index in [1.807, 2.05) is 0 Å². The lowest BCUT2D eigenvalue weighted by Gasteiger charge is -2.10. The van der Waals surface area contributed by atoms with Crippen molar-refractivity contribution in [3.05, 3.63) is 0 Å². The van der Waals surface area contributed by atoms with Crippen LogP contribution in [0.4, 0.5) is 0 Å². The van der Waals surface area contributed by atoms with Crippen LogP contribution < -0.4 is 10.4 Å². The van der Waals surface area contributed by atoms with E-state index in [-0.39, 0.29) is 18.1 Å². The molecule has 1 heterocycles. The Morgan fingerprint density at radius 1 is 1.58 bits per heavy atom. The Hall–Kier alpha value is 0.250. The number of carbonyl (C=O) groups excluding carboxylic acids is 1. The van der Waals surface area contributed by atoms with Crippen LogP contribution in [0, 0.1) is 0 Å². The van der Waals surface area contributed by atoms with Crippen molar-refractivity contribution >= 4 is 24.8 Å². The topological polar surface area (TPSA) is 50.4 Å². The Balaban J connectivity index is 2.46. The molecule has 1 amide bonds. The van der Waals surface area contributed by atoms with Gasteiger partial charge < -0.3 is 9.84 Å². The molecule has 1 saturated heterocycles. The van der Waals surface area contributed by atoms with E-state index in [9.17, 15) is 4.79 Å². The average molecular weight is 208 g/mol. The molecule has 4 unspecified atom stereocenters. The maximum absolute atomic E-state index is 11.3. The minimum atomic E-state index is -0.0971. The van der Waals surface area contributed by atoms with Gasteiger partial charge in [0.25, 0.3) is 0 Å². The molecule has 0 aromatic rings. The van der Waals surface area contributed by atoms with Gasteiger partial charge in [-0.3, -0.25) is 9.88 Å². The highest BCUT2D eigenvalue weighted by Gasteiger charge is 2.23. The van der Waals surface area contributed by atoms with Crippen molar-refractivity contribution in [1.29, 1.82) is 0 Å². The molecule has 2 N–H and O–H groups in total. The van der Waals surface area contributed by atoms with Crippen molar-refractivity contribution in [1.82, 2.24) is 10.4 Å². The van der Waals surface area contributed by atoms with E-state index >= 15 is 0 Å². The molecule has 0 aromatic heterocycles. The third kappa shape index (κ3) is 2.63. The zero-order valence-electron chi connectivity index (χ0n) is 6.75. The van der Waals surface area contributed by atoms with Gasteiger partial charge in [0, 0.05) is 16.0 Å². The van der Waals surface area contributed by atoms with Crippen molar-refractivity contribution in [3.8, 4) is 0 Å². The van der Waals surface area contributed by atoms with Gasteiger partial charge >= 0.3 is 0 Å². The summed E-state index contributed by atoms with van der Waals surface area (Å²) in [5.41, 5.74) is 0. The second-order valence-electron chi connectivity index (χ2n) is 2.80. The standard InChI is InChI=1S/C6H14N2O2P2/c9-6-5(8-11)2-1-4(10-12)3-7-6/h4-5,8H,1-3,11-12H2,(H,7,9). The van der Waals surface area contributed by atoms with Gasteiger partial charge in [0.15, 0.2) is 0 Å². The SMILES string of the molecule is O=C1NCC(OP)CCC1NP. The minimum absolute atomic E-state index is 0.0505. The van der Waals surface area contributed by atoms with Gasteiger partial charge in [-0.15, -0.1) is 0 Å². The first-order valence-corrected chi connectivity index (χ1v) is 4.92. The molecule has 1 aliphatic rings. The molecule has 1 aliphatic heterocycles. The van der Waals surface area contributed by atoms with Crippen molar-refractivity contribution in [2.45, 2.75) is 25.0 Å². The Morgan fingerprint density at radius 3 is 2.92 bits per heavy atom. The molecule has 4 atom stereocenters. The molecular formula is C6H14N2O2P2. The van der Waals surface area contributed by atoms with Crippen molar-refractivity contribution in [3.63, 3.8) is 0 Å². The second-order valence-corrected chi connectivity index (χ2v) is 3.41. The monoisotopic (exact) mass is 208 g/mol. The highest BCUT2D eigenvalue weighted by molar-refractivity contribution is 7.13. The third-order valence-electron chi connectivity index (χ3n) is 1.99. The lowest BCUT2D eigenvalue weighted by Crippen LogP contribution is -2.39. The molecule has 0 aromatic carbocycles. The van der Waals surface area contributed by atoms with Crippen LogP contribution in [0.25, 0.3) is 0 Å². The van der Waals surface area contributed by atoms with E-state index in [4.69, 9.17) is 4.52 Å². The minimum Gasteiger partial charge on any atom is -0.361 e. The molecule has 0 spiro atoms. The van der Waals surface area contributed by atoms with Gasteiger partial charge in [-0.2, -0.15) is 0 Å². The molecule has 1 rings (SSSR count). The van der Waals surface area contributed by atoms with Crippen LogP contribution in [0.15, 0.2) is 0 Å². The van der Waals surface area contributed by atoms with E-state index in [1.54, 1.807) is 0 Å². The quantitative estimate of drug-likeness (QED) is 0.619. The predicted octanol–water partition coefficient (Wildman–Crippen LogP) is -0.180. The fourth-order valence-corrected chi connectivity index (χ4v) is 1.75. The first kappa shape index (κ1) is 10.3. The smallest absolute Gasteiger partial charge is 0.237 e. The first-order valence-electron chi connectivity index (χ1n) is 3.87. The van der Waals surface area contributed by atoms with Gasteiger partial charge in [-0.25, -0.2) is 0 Å². The fourth-order valence-electron chi connectivity index (χ4n) is 1.20. The molecule has 70 valence electrons. The van der Waals surface area contributed by atoms with E-state index in [0.717, 1.165) is 12.8 Å². The summed E-state index contributed by atoms with van der Waals surface area (Å²) < 4.78 is 5.08. The summed E-state index contributed by atoms with van der Waals surface area (Å²) in [6.07, 6.45) is 1.84. The summed E-state index contributed by atoms with van der Waals surface area (Å²) >= 11 is 0. The summed E-state index contributed by atoms with van der Waals surface area (Å²) in [5.74, 6) is 0.0505. The van der Waals surface area contributed by atoms with E-state index in [1.165, 1.54) is 0 Å². The maximum Gasteiger partial charge on any atom is 0.237 e. The molecule has 0 bridgehead atoms. The molecule has 4 nitrogen and oxygen atoms in total. The molecule has 12 heavy (non-hydrogen) atoms. The molecule has 1 fully saturated rings. The summed E-state index contributed by atoms with van der Waals surface area (Å²) in [6.45, 7) is 0.602. The van der Waals surface area contributed by atoms with Crippen LogP contribution in [-0.2, 0) is 9.32 Å². The Labute approximate surface area is 76.7 Å². The normalized spacial score (nSPS) is 31.0. The number of amides is 1.